The molecule has 9 heteroatoms. The average molecular weight is 428 g/mol. The van der Waals surface area contributed by atoms with Crippen molar-refractivity contribution in [3.05, 3.63) is 53.7 Å². The highest BCUT2D eigenvalue weighted by atomic mass is 19.3. The zero-order chi connectivity index (χ0) is 21.8. The minimum absolute atomic E-state index is 0.0504. The number of amides is 1. The molecule has 1 aliphatic carbocycles. The lowest BCUT2D eigenvalue weighted by Gasteiger charge is -2.41. The van der Waals surface area contributed by atoms with Gasteiger partial charge in [0.2, 0.25) is 0 Å². The number of carbonyl (C=O) groups excluding carboxylic acids is 1. The Kier molecular flexibility index (Phi) is 4.47. The molecular formula is C22H22F2N4O3. The Morgan fingerprint density at radius 1 is 1.32 bits per heavy atom. The fourth-order valence-corrected chi connectivity index (χ4v) is 4.68. The number of fused-ring (bicyclic) bond motifs is 2. The van der Waals surface area contributed by atoms with E-state index in [0.717, 1.165) is 18.5 Å². The summed E-state index contributed by atoms with van der Waals surface area (Å²) in [6, 6.07) is 5.72. The molecule has 2 bridgehead atoms. The molecule has 7 nitrogen and oxygen atoms in total. The molecule has 0 radical (unpaired) electrons. The molecule has 1 amide bonds. The maximum atomic E-state index is 12.9. The van der Waals surface area contributed by atoms with Crippen molar-refractivity contribution in [3.8, 4) is 5.75 Å². The molecule has 0 atom stereocenters. The number of rotatable bonds is 6. The van der Waals surface area contributed by atoms with E-state index in [4.69, 9.17) is 14.5 Å². The van der Waals surface area contributed by atoms with Gasteiger partial charge < -0.3 is 19.2 Å². The molecule has 0 spiro atoms. The van der Waals surface area contributed by atoms with E-state index in [1.165, 1.54) is 18.2 Å². The van der Waals surface area contributed by atoms with Gasteiger partial charge in [-0.3, -0.25) is 4.79 Å². The van der Waals surface area contributed by atoms with Crippen LogP contribution in [0.5, 0.6) is 5.75 Å². The highest BCUT2D eigenvalue weighted by Crippen LogP contribution is 2.58. The van der Waals surface area contributed by atoms with E-state index in [1.54, 1.807) is 12.3 Å². The van der Waals surface area contributed by atoms with Crippen molar-refractivity contribution in [1.82, 2.24) is 14.4 Å². The van der Waals surface area contributed by atoms with Crippen LogP contribution in [0.15, 0.2) is 36.7 Å². The van der Waals surface area contributed by atoms with Crippen molar-refractivity contribution in [3.63, 3.8) is 0 Å². The third-order valence-corrected chi connectivity index (χ3v) is 5.99. The van der Waals surface area contributed by atoms with Gasteiger partial charge in [-0.2, -0.15) is 0 Å². The number of hydrogen-bond acceptors (Lipinski definition) is 5. The van der Waals surface area contributed by atoms with Crippen LogP contribution >= 0.6 is 0 Å². The smallest absolute Gasteiger partial charge is 0.280 e. The monoisotopic (exact) mass is 428 g/mol. The number of alkyl halides is 2. The molecule has 5 heterocycles. The van der Waals surface area contributed by atoms with Gasteiger partial charge >= 0.3 is 0 Å². The van der Waals surface area contributed by atoms with Gasteiger partial charge in [0.1, 0.15) is 28.5 Å². The van der Waals surface area contributed by atoms with Crippen molar-refractivity contribution < 1.29 is 23.0 Å². The third-order valence-electron chi connectivity index (χ3n) is 5.99. The van der Waals surface area contributed by atoms with E-state index in [-0.39, 0.29) is 16.7 Å². The van der Waals surface area contributed by atoms with Gasteiger partial charge in [0.25, 0.3) is 12.3 Å². The van der Waals surface area contributed by atoms with E-state index in [0.29, 0.717) is 30.3 Å². The largest absolute Gasteiger partial charge is 0.491 e. The maximum Gasteiger partial charge on any atom is 0.280 e. The summed E-state index contributed by atoms with van der Waals surface area (Å²) >= 11 is 0. The van der Waals surface area contributed by atoms with Gasteiger partial charge in [0.15, 0.2) is 0 Å². The number of pyridine rings is 2. The second kappa shape index (κ2) is 6.98. The van der Waals surface area contributed by atoms with E-state index >= 15 is 0 Å². The number of hydrogen-bond donors (Lipinski definition) is 1. The topological polar surface area (TPSA) is 77.8 Å². The SMILES string of the molecule is CCOc1cc2nc(C34COC(C)(C3)C4)cn2cc1NC(=O)c1cccc(C(F)F)n1. The quantitative estimate of drug-likeness (QED) is 0.639. The van der Waals surface area contributed by atoms with E-state index < -0.39 is 18.0 Å². The van der Waals surface area contributed by atoms with Crippen LogP contribution < -0.4 is 10.1 Å². The molecule has 3 aromatic heterocycles. The zero-order valence-corrected chi connectivity index (χ0v) is 17.2. The standard InChI is InChI=1S/C22H22F2N4O3/c1-3-30-16-7-18-27-17(22-10-21(2,11-22)31-12-22)9-28(18)8-15(16)26-20(29)14-6-4-5-13(25-14)19(23)24/h4-9,19H,3,10-12H2,1-2H3,(H,26,29). The summed E-state index contributed by atoms with van der Waals surface area (Å²) in [4.78, 5) is 21.2. The number of nitrogens with zero attached hydrogens (tertiary/aromatic N) is 3. The molecule has 3 aliphatic rings. The molecule has 0 unspecified atom stereocenters. The number of ether oxygens (including phenoxy) is 2. The van der Waals surface area contributed by atoms with Crippen molar-refractivity contribution in [1.29, 1.82) is 0 Å². The zero-order valence-electron chi connectivity index (χ0n) is 17.2. The molecule has 2 aliphatic heterocycles. The lowest BCUT2D eigenvalue weighted by molar-refractivity contribution is 0.0154. The van der Waals surface area contributed by atoms with Crippen LogP contribution in [-0.2, 0) is 10.2 Å². The van der Waals surface area contributed by atoms with Gasteiger partial charge in [0.05, 0.1) is 24.5 Å². The molecule has 31 heavy (non-hydrogen) atoms. The van der Waals surface area contributed by atoms with E-state index in [2.05, 4.69) is 17.2 Å². The first-order valence-electron chi connectivity index (χ1n) is 10.2. The Morgan fingerprint density at radius 3 is 2.81 bits per heavy atom. The normalized spacial score (nSPS) is 24.4. The third kappa shape index (κ3) is 3.33. The number of imidazole rings is 1. The van der Waals surface area contributed by atoms with Gasteiger partial charge in [-0.25, -0.2) is 18.7 Å². The molecule has 3 aromatic rings. The number of carbonyl (C=O) groups is 1. The minimum Gasteiger partial charge on any atom is -0.491 e. The van der Waals surface area contributed by atoms with Crippen LogP contribution in [0.3, 0.4) is 0 Å². The fourth-order valence-electron chi connectivity index (χ4n) is 4.68. The van der Waals surface area contributed by atoms with Crippen LogP contribution in [0.4, 0.5) is 14.5 Å². The van der Waals surface area contributed by atoms with Crippen molar-refractivity contribution >= 4 is 17.2 Å². The molecule has 6 rings (SSSR count). The predicted octanol–water partition coefficient (Wildman–Crippen LogP) is 4.14. The Balaban J connectivity index is 1.47. The number of anilines is 1. The van der Waals surface area contributed by atoms with Crippen LogP contribution in [-0.4, -0.2) is 39.1 Å². The fraction of sp³-hybridized carbons (Fsp3) is 0.409. The van der Waals surface area contributed by atoms with Crippen molar-refractivity contribution in [2.45, 2.75) is 44.1 Å². The van der Waals surface area contributed by atoms with Gasteiger partial charge in [-0.1, -0.05) is 6.07 Å². The first kappa shape index (κ1) is 19.9. The minimum atomic E-state index is -2.75. The lowest BCUT2D eigenvalue weighted by atomic mass is 9.62. The predicted molar refractivity (Wildman–Crippen MR) is 109 cm³/mol. The number of aromatic nitrogens is 3. The van der Waals surface area contributed by atoms with Crippen molar-refractivity contribution in [2.75, 3.05) is 18.5 Å². The first-order chi connectivity index (χ1) is 14.8. The van der Waals surface area contributed by atoms with E-state index in [9.17, 15) is 13.6 Å². The molecule has 1 N–H and O–H groups in total. The Labute approximate surface area is 177 Å². The highest BCUT2D eigenvalue weighted by molar-refractivity contribution is 6.03. The Morgan fingerprint density at radius 2 is 2.13 bits per heavy atom. The summed E-state index contributed by atoms with van der Waals surface area (Å²) in [6.07, 6.45) is 2.80. The molecule has 3 fully saturated rings. The molecule has 0 aromatic carbocycles. The average Bonchev–Trinajstić information content (AvgIpc) is 3.39. The van der Waals surface area contributed by atoms with E-state index in [1.807, 2.05) is 17.5 Å². The number of nitrogens with one attached hydrogen (secondary N) is 1. The second-order valence-corrected chi connectivity index (χ2v) is 8.45. The van der Waals surface area contributed by atoms with Crippen LogP contribution in [0.2, 0.25) is 0 Å². The van der Waals surface area contributed by atoms with Gasteiger partial charge in [-0.05, 0) is 38.8 Å². The molecule has 2 saturated heterocycles. The van der Waals surface area contributed by atoms with Crippen molar-refractivity contribution in [2.24, 2.45) is 0 Å². The summed E-state index contributed by atoms with van der Waals surface area (Å²) in [7, 11) is 0. The van der Waals surface area contributed by atoms with Crippen LogP contribution in [0.25, 0.3) is 5.65 Å². The molecular weight excluding hydrogens is 406 g/mol. The van der Waals surface area contributed by atoms with Crippen LogP contribution in [0.1, 0.15) is 55.0 Å². The first-order valence-corrected chi connectivity index (χ1v) is 10.2. The lowest BCUT2D eigenvalue weighted by Crippen LogP contribution is -2.45. The van der Waals surface area contributed by atoms with Gasteiger partial charge in [0, 0.05) is 23.9 Å². The Hall–Kier alpha value is -3.07. The molecule has 162 valence electrons. The Bertz CT molecular complexity index is 1170. The summed E-state index contributed by atoms with van der Waals surface area (Å²) in [5.74, 6) is -0.148. The highest BCUT2D eigenvalue weighted by Gasteiger charge is 2.61. The van der Waals surface area contributed by atoms with Gasteiger partial charge in [-0.15, -0.1) is 0 Å². The number of halogens is 2. The van der Waals surface area contributed by atoms with Crippen LogP contribution in [0, 0.1) is 0 Å². The summed E-state index contributed by atoms with van der Waals surface area (Å²) < 4.78 is 39.3. The maximum absolute atomic E-state index is 12.9. The summed E-state index contributed by atoms with van der Waals surface area (Å²) in [6.45, 7) is 5.00. The molecule has 1 saturated carbocycles. The summed E-state index contributed by atoms with van der Waals surface area (Å²) in [5.41, 5.74) is 1.41. The second-order valence-electron chi connectivity index (χ2n) is 8.45. The summed E-state index contributed by atoms with van der Waals surface area (Å²) in [5, 5.41) is 2.73.